The fourth-order valence-electron chi connectivity index (χ4n) is 3.30. The molecule has 2 fully saturated rings. The third-order valence-electron chi connectivity index (χ3n) is 4.72. The number of ketones is 1. The van der Waals surface area contributed by atoms with Crippen LogP contribution >= 0.6 is 11.8 Å². The lowest BCUT2D eigenvalue weighted by molar-refractivity contribution is -0.122. The third kappa shape index (κ3) is 1.20. The van der Waals surface area contributed by atoms with Gasteiger partial charge in [0.25, 0.3) is 0 Å². The Bertz CT molecular complexity index is 339. The first-order chi connectivity index (χ1) is 6.80. The van der Waals surface area contributed by atoms with E-state index in [1.807, 2.05) is 0 Å². The van der Waals surface area contributed by atoms with Crippen LogP contribution in [0.25, 0.3) is 0 Å². The van der Waals surface area contributed by atoms with Crippen LogP contribution in [0.3, 0.4) is 0 Å². The zero-order valence-electron chi connectivity index (χ0n) is 9.46. The van der Waals surface area contributed by atoms with E-state index in [2.05, 4.69) is 20.8 Å². The third-order valence-corrected chi connectivity index (χ3v) is 5.96. The molecule has 0 aliphatic heterocycles. The normalized spacial score (nSPS) is 42.2. The van der Waals surface area contributed by atoms with E-state index in [0.29, 0.717) is 5.78 Å². The van der Waals surface area contributed by atoms with Gasteiger partial charge in [-0.1, -0.05) is 32.5 Å². The summed E-state index contributed by atoms with van der Waals surface area (Å²) in [5.41, 5.74) is 5.49. The number of nitrogens with two attached hydrogens (primary N) is 1. The molecule has 2 rings (SSSR count). The predicted octanol–water partition coefficient (Wildman–Crippen LogP) is 2.01. The monoisotopic (exact) mass is 226 g/mol. The van der Waals surface area contributed by atoms with Gasteiger partial charge < -0.3 is 5.73 Å². The summed E-state index contributed by atoms with van der Waals surface area (Å²) in [6.07, 6.45) is 2.10. The maximum atomic E-state index is 12.2. The molecule has 0 radical (unpaired) electrons. The van der Waals surface area contributed by atoms with Crippen molar-refractivity contribution < 1.29 is 4.79 Å². The molecule has 2 aliphatic rings. The lowest BCUT2D eigenvalue weighted by Crippen LogP contribution is -2.37. The lowest BCUT2D eigenvalue weighted by atomic mass is 9.71. The molecule has 0 aromatic rings. The van der Waals surface area contributed by atoms with Gasteiger partial charge in [-0.15, -0.1) is 0 Å². The number of thioether (sulfide) groups is 1. The average Bonchev–Trinajstić information content (AvgIpc) is 2.39. The van der Waals surface area contributed by atoms with Gasteiger partial charge >= 0.3 is 0 Å². The number of nitrogens with one attached hydrogen (secondary N) is 1. The van der Waals surface area contributed by atoms with Gasteiger partial charge in [0.2, 0.25) is 0 Å². The van der Waals surface area contributed by atoms with Crippen molar-refractivity contribution in [3.63, 3.8) is 0 Å². The van der Waals surface area contributed by atoms with Crippen molar-refractivity contribution in [2.24, 2.45) is 22.5 Å². The Morgan fingerprint density at radius 2 is 2.13 bits per heavy atom. The summed E-state index contributed by atoms with van der Waals surface area (Å²) in [4.78, 5) is 12.2. The second-order valence-corrected chi connectivity index (χ2v) is 6.64. The van der Waals surface area contributed by atoms with Crippen LogP contribution in [0.5, 0.6) is 0 Å². The van der Waals surface area contributed by atoms with E-state index < -0.39 is 0 Å². The van der Waals surface area contributed by atoms with Crippen molar-refractivity contribution in [2.75, 3.05) is 0 Å². The van der Waals surface area contributed by atoms with Gasteiger partial charge in [0, 0.05) is 5.92 Å². The fraction of sp³-hybridized carbons (Fsp3) is 0.818. The Morgan fingerprint density at radius 3 is 2.53 bits per heavy atom. The lowest BCUT2D eigenvalue weighted by Gasteiger charge is -2.37. The van der Waals surface area contributed by atoms with Crippen molar-refractivity contribution in [2.45, 2.75) is 38.9 Å². The predicted molar refractivity (Wildman–Crippen MR) is 62.9 cm³/mol. The minimum absolute atomic E-state index is 0.0189. The molecular weight excluding hydrogens is 208 g/mol. The fourth-order valence-corrected chi connectivity index (χ4v) is 4.52. The van der Waals surface area contributed by atoms with Gasteiger partial charge in [-0.3, -0.25) is 10.2 Å². The Balaban J connectivity index is 2.36. The van der Waals surface area contributed by atoms with E-state index >= 15 is 0 Å². The first-order valence-corrected chi connectivity index (χ1v) is 6.23. The van der Waals surface area contributed by atoms with E-state index in [4.69, 9.17) is 11.1 Å². The standard InChI is InChI=1S/C11H18N2OS/c1-10(2)6-4-5-11(10,3)8(7(6)14)15-9(12)13/h6,8H,4-5H2,1-3H3,(H3,12,13)/t6-,8-,11+/m1/s1. The Hall–Kier alpha value is -0.510. The molecule has 0 aromatic carbocycles. The van der Waals surface area contributed by atoms with Crippen LogP contribution in [0.15, 0.2) is 0 Å². The molecule has 84 valence electrons. The number of carbonyl (C=O) groups is 1. The number of hydrogen-bond donors (Lipinski definition) is 2. The van der Waals surface area contributed by atoms with Gasteiger partial charge in [0.1, 0.15) is 5.78 Å². The molecule has 2 aliphatic carbocycles. The second-order valence-electron chi connectivity index (χ2n) is 5.49. The SMILES string of the molecule is CC1(C)[C@@H]2CC[C@@]1(C)[C@H](SC(=N)N)C2=O. The van der Waals surface area contributed by atoms with E-state index in [-0.39, 0.29) is 27.2 Å². The molecule has 2 bridgehead atoms. The van der Waals surface area contributed by atoms with Gasteiger partial charge in [0.05, 0.1) is 5.25 Å². The summed E-state index contributed by atoms with van der Waals surface area (Å²) in [5, 5.41) is 7.31. The number of amidine groups is 1. The minimum Gasteiger partial charge on any atom is -0.379 e. The van der Waals surface area contributed by atoms with Crippen LogP contribution in [0.1, 0.15) is 33.6 Å². The largest absolute Gasteiger partial charge is 0.379 e. The summed E-state index contributed by atoms with van der Waals surface area (Å²) >= 11 is 1.25. The Labute approximate surface area is 94.7 Å². The van der Waals surface area contributed by atoms with Crippen molar-refractivity contribution >= 4 is 22.7 Å². The minimum atomic E-state index is -0.0938. The molecule has 2 saturated carbocycles. The topological polar surface area (TPSA) is 66.9 Å². The maximum Gasteiger partial charge on any atom is 0.151 e. The van der Waals surface area contributed by atoms with Crippen LogP contribution in [0.4, 0.5) is 0 Å². The molecule has 0 heterocycles. The molecule has 0 amide bonds. The first-order valence-electron chi connectivity index (χ1n) is 5.35. The molecule has 0 spiro atoms. The molecule has 0 aromatic heterocycles. The van der Waals surface area contributed by atoms with Crippen LogP contribution in [0.2, 0.25) is 0 Å². The molecule has 15 heavy (non-hydrogen) atoms. The molecule has 0 saturated heterocycles. The first kappa shape index (κ1) is 11.0. The highest BCUT2D eigenvalue weighted by Crippen LogP contribution is 2.66. The maximum absolute atomic E-state index is 12.2. The summed E-state index contributed by atoms with van der Waals surface area (Å²) in [6.45, 7) is 6.55. The molecule has 4 heteroatoms. The van der Waals surface area contributed by atoms with Crippen molar-refractivity contribution in [3.05, 3.63) is 0 Å². The van der Waals surface area contributed by atoms with Gasteiger partial charge in [-0.2, -0.15) is 0 Å². The average molecular weight is 226 g/mol. The Morgan fingerprint density at radius 1 is 1.53 bits per heavy atom. The van der Waals surface area contributed by atoms with Crippen LogP contribution in [-0.2, 0) is 4.79 Å². The quantitative estimate of drug-likeness (QED) is 0.531. The van der Waals surface area contributed by atoms with Gasteiger partial charge in [0.15, 0.2) is 5.17 Å². The number of Topliss-reactive ketones (excluding diaryl/α,β-unsaturated/α-hetero) is 1. The summed E-state index contributed by atoms with van der Waals surface area (Å²) in [6, 6.07) is 0. The number of carbonyl (C=O) groups excluding carboxylic acids is 1. The molecule has 3 nitrogen and oxygen atoms in total. The molecule has 3 atom stereocenters. The smallest absolute Gasteiger partial charge is 0.151 e. The summed E-state index contributed by atoms with van der Waals surface area (Å²) < 4.78 is 0. The number of rotatable bonds is 1. The molecule has 3 N–H and O–H groups in total. The van der Waals surface area contributed by atoms with E-state index in [0.717, 1.165) is 12.8 Å². The Kier molecular flexibility index (Phi) is 2.20. The highest BCUT2D eigenvalue weighted by atomic mass is 32.2. The summed E-state index contributed by atoms with van der Waals surface area (Å²) in [7, 11) is 0. The van der Waals surface area contributed by atoms with Crippen LogP contribution < -0.4 is 5.73 Å². The second kappa shape index (κ2) is 3.00. The van der Waals surface area contributed by atoms with Gasteiger partial charge in [-0.25, -0.2) is 0 Å². The van der Waals surface area contributed by atoms with Crippen molar-refractivity contribution in [1.29, 1.82) is 5.41 Å². The van der Waals surface area contributed by atoms with Crippen LogP contribution in [-0.4, -0.2) is 16.2 Å². The highest BCUT2D eigenvalue weighted by Gasteiger charge is 2.66. The van der Waals surface area contributed by atoms with Crippen molar-refractivity contribution in [1.82, 2.24) is 0 Å². The van der Waals surface area contributed by atoms with E-state index in [9.17, 15) is 4.79 Å². The van der Waals surface area contributed by atoms with E-state index in [1.54, 1.807) is 0 Å². The summed E-state index contributed by atoms with van der Waals surface area (Å²) in [5.74, 6) is 0.494. The van der Waals surface area contributed by atoms with Gasteiger partial charge in [-0.05, 0) is 23.7 Å². The zero-order chi connectivity index (χ0) is 11.4. The highest BCUT2D eigenvalue weighted by molar-refractivity contribution is 8.14. The molecular formula is C11H18N2OS. The zero-order valence-corrected chi connectivity index (χ0v) is 10.3. The van der Waals surface area contributed by atoms with E-state index in [1.165, 1.54) is 11.8 Å². The molecule has 0 unspecified atom stereocenters. The van der Waals surface area contributed by atoms with Crippen LogP contribution in [0, 0.1) is 22.2 Å². The number of hydrogen-bond acceptors (Lipinski definition) is 3. The van der Waals surface area contributed by atoms with Crippen molar-refractivity contribution in [3.8, 4) is 0 Å². The number of fused-ring (bicyclic) bond motifs is 2.